The van der Waals surface area contributed by atoms with Gasteiger partial charge in [-0.25, -0.2) is 13.4 Å². The third-order valence-electron chi connectivity index (χ3n) is 4.58. The minimum Gasteiger partial charge on any atom is -0.337 e. The van der Waals surface area contributed by atoms with E-state index < -0.39 is 10.0 Å². The first-order chi connectivity index (χ1) is 11.5. The van der Waals surface area contributed by atoms with Crippen LogP contribution in [-0.4, -0.2) is 41.4 Å². The molecule has 0 atom stereocenters. The number of benzene rings is 1. The fourth-order valence-corrected chi connectivity index (χ4v) is 4.43. The Bertz CT molecular complexity index is 775. The van der Waals surface area contributed by atoms with Crippen LogP contribution in [0.15, 0.2) is 41.6 Å². The topological polar surface area (TPSA) is 67.2 Å². The lowest BCUT2D eigenvalue weighted by Gasteiger charge is -2.31. The molecule has 0 unspecified atom stereocenters. The fourth-order valence-electron chi connectivity index (χ4n) is 2.96. The highest BCUT2D eigenvalue weighted by Gasteiger charge is 2.29. The minimum absolute atomic E-state index is 0.325. The average molecular weight is 348 g/mol. The first-order valence-electron chi connectivity index (χ1n) is 8.23. The normalized spacial score (nSPS) is 17.2. The molecule has 1 aromatic heterocycles. The zero-order valence-electron chi connectivity index (χ0n) is 14.1. The lowest BCUT2D eigenvalue weighted by Crippen LogP contribution is -2.44. The number of nitrogens with zero attached hydrogens (tertiary/aromatic N) is 3. The number of aromatic nitrogens is 2. The summed E-state index contributed by atoms with van der Waals surface area (Å²) < 4.78 is 29.0. The number of nitrogens with one attached hydrogen (secondary N) is 1. The first-order valence-corrected chi connectivity index (χ1v) is 9.67. The van der Waals surface area contributed by atoms with Gasteiger partial charge in [-0.3, -0.25) is 0 Å². The molecule has 1 aromatic carbocycles. The van der Waals surface area contributed by atoms with Crippen molar-refractivity contribution in [1.82, 2.24) is 19.2 Å². The van der Waals surface area contributed by atoms with Crippen molar-refractivity contribution in [3.05, 3.63) is 48.0 Å². The summed E-state index contributed by atoms with van der Waals surface area (Å²) in [7, 11) is -1.41. The number of imidazole rings is 1. The van der Waals surface area contributed by atoms with Crippen molar-refractivity contribution in [2.24, 2.45) is 7.05 Å². The van der Waals surface area contributed by atoms with E-state index in [4.69, 9.17) is 0 Å². The SMILES string of the molecule is Cc1ccc(S(=O)(=O)N2CCC(NCc3nccn3C)CC2)cc1. The van der Waals surface area contributed by atoms with Crippen LogP contribution in [0.5, 0.6) is 0 Å². The third-order valence-corrected chi connectivity index (χ3v) is 6.50. The second kappa shape index (κ2) is 7.04. The van der Waals surface area contributed by atoms with Gasteiger partial charge >= 0.3 is 0 Å². The van der Waals surface area contributed by atoms with E-state index in [0.29, 0.717) is 30.6 Å². The van der Waals surface area contributed by atoms with Crippen LogP contribution >= 0.6 is 0 Å². The summed E-state index contributed by atoms with van der Waals surface area (Å²) in [5, 5.41) is 3.48. The number of rotatable bonds is 5. The van der Waals surface area contributed by atoms with Crippen LogP contribution in [0.1, 0.15) is 24.2 Å². The molecule has 0 aliphatic carbocycles. The fraction of sp³-hybridized carbons (Fsp3) is 0.471. The summed E-state index contributed by atoms with van der Waals surface area (Å²) >= 11 is 0. The van der Waals surface area contributed by atoms with Crippen molar-refractivity contribution in [2.45, 2.75) is 37.2 Å². The molecule has 1 aliphatic rings. The number of piperidine rings is 1. The van der Waals surface area contributed by atoms with Crippen molar-refractivity contribution < 1.29 is 8.42 Å². The van der Waals surface area contributed by atoms with E-state index in [2.05, 4.69) is 10.3 Å². The zero-order valence-corrected chi connectivity index (χ0v) is 15.0. The molecule has 24 heavy (non-hydrogen) atoms. The van der Waals surface area contributed by atoms with Crippen LogP contribution in [0.3, 0.4) is 0 Å². The van der Waals surface area contributed by atoms with Gasteiger partial charge in [-0.1, -0.05) is 17.7 Å². The molecule has 3 rings (SSSR count). The van der Waals surface area contributed by atoms with E-state index in [1.54, 1.807) is 22.6 Å². The monoisotopic (exact) mass is 348 g/mol. The Morgan fingerprint density at radius 3 is 2.46 bits per heavy atom. The number of hydrogen-bond donors (Lipinski definition) is 1. The highest BCUT2D eigenvalue weighted by Crippen LogP contribution is 2.21. The highest BCUT2D eigenvalue weighted by atomic mass is 32.2. The Labute approximate surface area is 143 Å². The van der Waals surface area contributed by atoms with Crippen molar-refractivity contribution in [2.75, 3.05) is 13.1 Å². The molecule has 1 fully saturated rings. The second-order valence-electron chi connectivity index (χ2n) is 6.33. The molecule has 1 aliphatic heterocycles. The molecule has 1 saturated heterocycles. The van der Waals surface area contributed by atoms with Gasteiger partial charge in [0, 0.05) is 38.6 Å². The van der Waals surface area contributed by atoms with Crippen LogP contribution in [-0.2, 0) is 23.6 Å². The molecule has 6 nitrogen and oxygen atoms in total. The molecule has 2 heterocycles. The molecule has 2 aromatic rings. The minimum atomic E-state index is -3.38. The third kappa shape index (κ3) is 3.68. The van der Waals surface area contributed by atoms with E-state index >= 15 is 0 Å². The maximum absolute atomic E-state index is 12.7. The summed E-state index contributed by atoms with van der Waals surface area (Å²) in [5.74, 6) is 0.990. The maximum Gasteiger partial charge on any atom is 0.243 e. The van der Waals surface area contributed by atoms with Crippen molar-refractivity contribution in [3.63, 3.8) is 0 Å². The van der Waals surface area contributed by atoms with Gasteiger partial charge < -0.3 is 9.88 Å². The van der Waals surface area contributed by atoms with Gasteiger partial charge in [0.15, 0.2) is 0 Å². The lowest BCUT2D eigenvalue weighted by molar-refractivity contribution is 0.287. The average Bonchev–Trinajstić information content (AvgIpc) is 2.99. The molecule has 1 N–H and O–H groups in total. The molecule has 7 heteroatoms. The quantitative estimate of drug-likeness (QED) is 0.893. The van der Waals surface area contributed by atoms with Crippen LogP contribution in [0.4, 0.5) is 0 Å². The molecular weight excluding hydrogens is 324 g/mol. The molecule has 130 valence electrons. The summed E-state index contributed by atoms with van der Waals surface area (Å²) in [6, 6.07) is 7.39. The predicted molar refractivity (Wildman–Crippen MR) is 93.0 cm³/mol. The molecule has 0 radical (unpaired) electrons. The van der Waals surface area contributed by atoms with Crippen molar-refractivity contribution in [1.29, 1.82) is 0 Å². The number of hydrogen-bond acceptors (Lipinski definition) is 4. The van der Waals surface area contributed by atoms with Gasteiger partial charge in [-0.05, 0) is 31.9 Å². The Kier molecular flexibility index (Phi) is 5.03. The Morgan fingerprint density at radius 2 is 1.88 bits per heavy atom. The first kappa shape index (κ1) is 17.1. The summed E-state index contributed by atoms with van der Waals surface area (Å²) in [6.45, 7) is 3.76. The molecule has 0 spiro atoms. The van der Waals surface area contributed by atoms with E-state index in [9.17, 15) is 8.42 Å². The van der Waals surface area contributed by atoms with Gasteiger partial charge in [0.05, 0.1) is 11.4 Å². The largest absolute Gasteiger partial charge is 0.337 e. The zero-order chi connectivity index (χ0) is 17.2. The van der Waals surface area contributed by atoms with Gasteiger partial charge in [0.2, 0.25) is 10.0 Å². The maximum atomic E-state index is 12.7. The van der Waals surface area contributed by atoms with Crippen LogP contribution in [0, 0.1) is 6.92 Å². The Hall–Kier alpha value is -1.70. The van der Waals surface area contributed by atoms with Crippen LogP contribution < -0.4 is 5.32 Å². The van der Waals surface area contributed by atoms with E-state index in [1.807, 2.05) is 36.9 Å². The van der Waals surface area contributed by atoms with Crippen molar-refractivity contribution in [3.8, 4) is 0 Å². The van der Waals surface area contributed by atoms with Crippen LogP contribution in [0.2, 0.25) is 0 Å². The van der Waals surface area contributed by atoms with E-state index in [1.165, 1.54) is 0 Å². The Balaban J connectivity index is 1.56. The molecule has 0 bridgehead atoms. The van der Waals surface area contributed by atoms with Gasteiger partial charge in [-0.15, -0.1) is 0 Å². The van der Waals surface area contributed by atoms with Gasteiger partial charge in [-0.2, -0.15) is 4.31 Å². The lowest BCUT2D eigenvalue weighted by atomic mass is 10.1. The van der Waals surface area contributed by atoms with Crippen LogP contribution in [0.25, 0.3) is 0 Å². The summed E-state index contributed by atoms with van der Waals surface area (Å²) in [4.78, 5) is 4.68. The number of sulfonamides is 1. The molecule has 0 saturated carbocycles. The second-order valence-corrected chi connectivity index (χ2v) is 8.26. The summed E-state index contributed by atoms with van der Waals surface area (Å²) in [6.07, 6.45) is 5.34. The smallest absolute Gasteiger partial charge is 0.243 e. The van der Waals surface area contributed by atoms with E-state index in [-0.39, 0.29) is 0 Å². The molecular formula is C17H24N4O2S. The summed E-state index contributed by atoms with van der Waals surface area (Å²) in [5.41, 5.74) is 1.06. The van der Waals surface area contributed by atoms with Crippen molar-refractivity contribution >= 4 is 10.0 Å². The molecule has 0 amide bonds. The van der Waals surface area contributed by atoms with Gasteiger partial charge in [0.1, 0.15) is 5.82 Å². The highest BCUT2D eigenvalue weighted by molar-refractivity contribution is 7.89. The van der Waals surface area contributed by atoms with Gasteiger partial charge in [0.25, 0.3) is 0 Å². The predicted octanol–water partition coefficient (Wildman–Crippen LogP) is 1.67. The number of aryl methyl sites for hydroxylation is 2. The standard InChI is InChI=1S/C17H24N4O2S/c1-14-3-5-16(6-4-14)24(22,23)21-10-7-15(8-11-21)19-13-17-18-9-12-20(17)2/h3-6,9,12,15,19H,7-8,10-11,13H2,1-2H3. The Morgan fingerprint density at radius 1 is 1.21 bits per heavy atom. The van der Waals surface area contributed by atoms with E-state index in [0.717, 1.165) is 24.2 Å².